The number of fused-ring (bicyclic) bond motifs is 1. The van der Waals surface area contributed by atoms with E-state index in [0.29, 0.717) is 6.54 Å². The quantitative estimate of drug-likeness (QED) is 0.463. The minimum Gasteiger partial charge on any atom is -0.395 e. The Morgan fingerprint density at radius 2 is 1.75 bits per heavy atom. The second-order valence-electron chi connectivity index (χ2n) is 6.87. The zero-order valence-corrected chi connectivity index (χ0v) is 16.6. The van der Waals surface area contributed by atoms with Crippen LogP contribution in [0.3, 0.4) is 0 Å². The molecule has 0 unspecified atom stereocenters. The van der Waals surface area contributed by atoms with Gasteiger partial charge in [0.15, 0.2) is 0 Å². The average Bonchev–Trinajstić information content (AvgIpc) is 2.99. The van der Waals surface area contributed by atoms with Crippen molar-refractivity contribution in [2.45, 2.75) is 32.4 Å². The predicted octanol–water partition coefficient (Wildman–Crippen LogP) is 5.80. The van der Waals surface area contributed by atoms with E-state index in [4.69, 9.17) is 5.11 Å². The summed E-state index contributed by atoms with van der Waals surface area (Å²) in [4.78, 5) is 1.11. The van der Waals surface area contributed by atoms with E-state index in [1.54, 1.807) is 23.5 Å². The van der Waals surface area contributed by atoms with Crippen molar-refractivity contribution in [1.82, 2.24) is 5.32 Å². The second-order valence-corrected chi connectivity index (χ2v) is 8.13. The molecule has 0 atom stereocenters. The predicted molar refractivity (Wildman–Crippen MR) is 110 cm³/mol. The summed E-state index contributed by atoms with van der Waals surface area (Å²) in [6, 6.07) is 11.8. The van der Waals surface area contributed by atoms with Gasteiger partial charge in [-0.15, -0.1) is 11.3 Å². The summed E-state index contributed by atoms with van der Waals surface area (Å²) in [7, 11) is 0. The second kappa shape index (κ2) is 9.07. The van der Waals surface area contributed by atoms with E-state index in [1.165, 1.54) is 10.3 Å². The normalized spacial score (nSPS) is 12.0. The summed E-state index contributed by atoms with van der Waals surface area (Å²) in [6.45, 7) is 3.71. The third-order valence-corrected chi connectivity index (χ3v) is 5.86. The van der Waals surface area contributed by atoms with Crippen LogP contribution < -0.4 is 5.32 Å². The van der Waals surface area contributed by atoms with Crippen LogP contribution in [0.1, 0.15) is 28.8 Å². The molecule has 0 saturated carbocycles. The lowest BCUT2D eigenvalue weighted by atomic mass is 9.99. The van der Waals surface area contributed by atoms with Crippen LogP contribution in [0.25, 0.3) is 21.2 Å². The highest BCUT2D eigenvalue weighted by atomic mass is 32.1. The van der Waals surface area contributed by atoms with Gasteiger partial charge in [-0.1, -0.05) is 24.3 Å². The Kier molecular flexibility index (Phi) is 6.75. The minimum atomic E-state index is -4.31. The van der Waals surface area contributed by atoms with E-state index in [-0.39, 0.29) is 6.61 Å². The summed E-state index contributed by atoms with van der Waals surface area (Å²) in [5.74, 6) is 0. The highest BCUT2D eigenvalue weighted by Gasteiger charge is 2.30. The zero-order chi connectivity index (χ0) is 20.1. The number of rotatable bonds is 8. The number of hydrogen-bond acceptors (Lipinski definition) is 3. The summed E-state index contributed by atoms with van der Waals surface area (Å²) in [5, 5.41) is 13.0. The SMILES string of the molecule is Cc1sc2cc(CCCCNCCO)ccc2c1-c1ccc(C(F)(F)F)cc1. The van der Waals surface area contributed by atoms with Gasteiger partial charge in [0.05, 0.1) is 12.2 Å². The third kappa shape index (κ3) is 4.93. The fourth-order valence-electron chi connectivity index (χ4n) is 3.39. The fraction of sp³-hybridized carbons (Fsp3) is 0.364. The fourth-order valence-corrected chi connectivity index (χ4v) is 4.54. The van der Waals surface area contributed by atoms with Crippen molar-refractivity contribution in [2.24, 2.45) is 0 Å². The molecule has 150 valence electrons. The number of nitrogens with one attached hydrogen (secondary N) is 1. The summed E-state index contributed by atoms with van der Waals surface area (Å²) in [6.07, 6.45) is -1.20. The molecule has 0 spiro atoms. The topological polar surface area (TPSA) is 32.3 Å². The van der Waals surface area contributed by atoms with Crippen molar-refractivity contribution in [2.75, 3.05) is 19.7 Å². The molecule has 1 heterocycles. The van der Waals surface area contributed by atoms with Gasteiger partial charge in [0.1, 0.15) is 0 Å². The minimum absolute atomic E-state index is 0.162. The van der Waals surface area contributed by atoms with Crippen molar-refractivity contribution >= 4 is 21.4 Å². The van der Waals surface area contributed by atoms with Gasteiger partial charge in [-0.3, -0.25) is 0 Å². The number of thiophene rings is 1. The number of hydrogen-bond donors (Lipinski definition) is 2. The van der Waals surface area contributed by atoms with Gasteiger partial charge in [0.25, 0.3) is 0 Å². The number of aliphatic hydroxyl groups is 1. The first kappa shape index (κ1) is 20.8. The van der Waals surface area contributed by atoms with Crippen molar-refractivity contribution in [3.63, 3.8) is 0 Å². The van der Waals surface area contributed by atoms with Gasteiger partial charge in [0.2, 0.25) is 0 Å². The molecule has 0 aliphatic heterocycles. The molecule has 2 nitrogen and oxygen atoms in total. The maximum atomic E-state index is 12.8. The van der Waals surface area contributed by atoms with E-state index in [2.05, 4.69) is 23.5 Å². The number of unbranched alkanes of at least 4 members (excludes halogenated alkanes) is 1. The van der Waals surface area contributed by atoms with Gasteiger partial charge in [-0.05, 0) is 62.1 Å². The number of aliphatic hydroxyl groups excluding tert-OH is 1. The molecule has 3 rings (SSSR count). The summed E-state index contributed by atoms with van der Waals surface area (Å²) in [5.41, 5.74) is 2.49. The molecule has 0 saturated heterocycles. The molecule has 0 bridgehead atoms. The first-order valence-corrected chi connectivity index (χ1v) is 10.2. The standard InChI is InChI=1S/C22H24F3NOS/c1-15-21(17-6-8-18(9-7-17)22(23,24)25)19-10-5-16(14-20(19)28-15)4-2-3-11-26-12-13-27/h5-10,14,26-27H,2-4,11-13H2,1H3. The molecule has 2 N–H and O–H groups in total. The molecule has 0 amide bonds. The van der Waals surface area contributed by atoms with Gasteiger partial charge < -0.3 is 10.4 Å². The summed E-state index contributed by atoms with van der Waals surface area (Å²) < 4.78 is 39.6. The highest BCUT2D eigenvalue weighted by Crippen LogP contribution is 2.40. The van der Waals surface area contributed by atoms with E-state index in [1.807, 2.05) is 6.92 Å². The molecule has 2 aromatic carbocycles. The lowest BCUT2D eigenvalue weighted by molar-refractivity contribution is -0.137. The Labute approximate surface area is 167 Å². The third-order valence-electron chi connectivity index (χ3n) is 4.79. The Morgan fingerprint density at radius 1 is 1.00 bits per heavy atom. The maximum absolute atomic E-state index is 12.8. The van der Waals surface area contributed by atoms with E-state index in [0.717, 1.165) is 59.3 Å². The van der Waals surface area contributed by atoms with Gasteiger partial charge in [-0.2, -0.15) is 13.2 Å². The monoisotopic (exact) mass is 407 g/mol. The van der Waals surface area contributed by atoms with Gasteiger partial charge in [0, 0.05) is 27.1 Å². The lowest BCUT2D eigenvalue weighted by Gasteiger charge is -2.08. The molecule has 0 aliphatic rings. The van der Waals surface area contributed by atoms with Crippen LogP contribution in [0.5, 0.6) is 0 Å². The van der Waals surface area contributed by atoms with Crippen LogP contribution in [0.15, 0.2) is 42.5 Å². The average molecular weight is 408 g/mol. The van der Waals surface area contributed by atoms with Crippen molar-refractivity contribution < 1.29 is 18.3 Å². The van der Waals surface area contributed by atoms with Gasteiger partial charge >= 0.3 is 6.18 Å². The molecular weight excluding hydrogens is 383 g/mol. The molecule has 6 heteroatoms. The smallest absolute Gasteiger partial charge is 0.395 e. The number of alkyl halides is 3. The van der Waals surface area contributed by atoms with Crippen LogP contribution in [0, 0.1) is 6.92 Å². The number of aryl methyl sites for hydroxylation is 2. The Balaban J connectivity index is 1.75. The van der Waals surface area contributed by atoms with E-state index in [9.17, 15) is 13.2 Å². The lowest BCUT2D eigenvalue weighted by Crippen LogP contribution is -2.19. The Morgan fingerprint density at radius 3 is 2.43 bits per heavy atom. The van der Waals surface area contributed by atoms with Crippen LogP contribution >= 0.6 is 11.3 Å². The Hall–Kier alpha value is -1.89. The molecule has 3 aromatic rings. The van der Waals surface area contributed by atoms with Crippen LogP contribution in [-0.4, -0.2) is 24.8 Å². The molecule has 1 aromatic heterocycles. The number of benzene rings is 2. The van der Waals surface area contributed by atoms with Crippen LogP contribution in [0.2, 0.25) is 0 Å². The molecule has 0 radical (unpaired) electrons. The van der Waals surface area contributed by atoms with Crippen molar-refractivity contribution in [3.05, 3.63) is 58.5 Å². The van der Waals surface area contributed by atoms with E-state index < -0.39 is 11.7 Å². The molecule has 0 aliphatic carbocycles. The zero-order valence-electron chi connectivity index (χ0n) is 15.8. The Bertz CT molecular complexity index is 916. The first-order valence-electron chi connectivity index (χ1n) is 9.41. The summed E-state index contributed by atoms with van der Waals surface area (Å²) >= 11 is 1.69. The molecule has 0 fully saturated rings. The first-order chi connectivity index (χ1) is 13.4. The van der Waals surface area contributed by atoms with Crippen molar-refractivity contribution in [3.8, 4) is 11.1 Å². The molecule has 28 heavy (non-hydrogen) atoms. The van der Waals surface area contributed by atoms with E-state index >= 15 is 0 Å². The van der Waals surface area contributed by atoms with Crippen LogP contribution in [-0.2, 0) is 12.6 Å². The number of halogens is 3. The highest BCUT2D eigenvalue weighted by molar-refractivity contribution is 7.19. The van der Waals surface area contributed by atoms with Crippen LogP contribution in [0.4, 0.5) is 13.2 Å². The van der Waals surface area contributed by atoms with Crippen molar-refractivity contribution in [1.29, 1.82) is 0 Å². The maximum Gasteiger partial charge on any atom is 0.416 e. The molecular formula is C22H24F3NOS. The largest absolute Gasteiger partial charge is 0.416 e. The van der Waals surface area contributed by atoms with Gasteiger partial charge in [-0.25, -0.2) is 0 Å².